The van der Waals surface area contributed by atoms with Crippen LogP contribution < -0.4 is 4.90 Å². The zero-order valence-corrected chi connectivity index (χ0v) is 15.9. The Bertz CT molecular complexity index is 823. The van der Waals surface area contributed by atoms with Gasteiger partial charge < -0.3 is 9.64 Å². The summed E-state index contributed by atoms with van der Waals surface area (Å²) in [5.41, 5.74) is 0.373. The molecular weight excluding hydrogens is 380 g/mol. The normalized spacial score (nSPS) is 13.6. The molecule has 1 fully saturated rings. The summed E-state index contributed by atoms with van der Waals surface area (Å²) in [5, 5.41) is 0.416. The second-order valence-electron chi connectivity index (χ2n) is 6.05. The zero-order chi connectivity index (χ0) is 18.8. The molecule has 1 aliphatic rings. The lowest BCUT2D eigenvalue weighted by atomic mass is 10.2. The highest BCUT2D eigenvalue weighted by atomic mass is 35.5. The third kappa shape index (κ3) is 3.76. The van der Waals surface area contributed by atoms with Gasteiger partial charge in [0, 0.05) is 29.6 Å². The number of carbonyl (C=O) groups excluding carboxylic acids is 1. The maximum atomic E-state index is 14.2. The van der Waals surface area contributed by atoms with Crippen LogP contribution in [0, 0.1) is 5.82 Å². The summed E-state index contributed by atoms with van der Waals surface area (Å²) in [7, 11) is 1.27. The van der Waals surface area contributed by atoms with Crippen molar-refractivity contribution in [1.29, 1.82) is 0 Å². The number of rotatable bonds is 6. The molecule has 0 spiro atoms. The number of hydrogen-bond acceptors (Lipinski definition) is 5. The first-order valence-electron chi connectivity index (χ1n) is 8.29. The smallest absolute Gasteiger partial charge is 0.358 e. The monoisotopic (exact) mass is 397 g/mol. The first-order chi connectivity index (χ1) is 12.5. The molecule has 1 saturated carbocycles. The summed E-state index contributed by atoms with van der Waals surface area (Å²) < 4.78 is 19.0. The van der Waals surface area contributed by atoms with Crippen molar-refractivity contribution >= 4 is 35.0 Å². The molecule has 0 unspecified atom stereocenters. The van der Waals surface area contributed by atoms with E-state index < -0.39 is 11.8 Å². The number of anilines is 1. The molecule has 3 rings (SSSR count). The summed E-state index contributed by atoms with van der Waals surface area (Å²) in [6, 6.07) is 4.53. The van der Waals surface area contributed by atoms with Crippen molar-refractivity contribution < 1.29 is 13.9 Å². The molecule has 0 radical (unpaired) electrons. The summed E-state index contributed by atoms with van der Waals surface area (Å²) in [4.78, 5) is 22.7. The molecule has 0 amide bonds. The molecule has 138 valence electrons. The Hall–Kier alpha value is -1.92. The molecule has 26 heavy (non-hydrogen) atoms. The fourth-order valence-corrected chi connectivity index (χ4v) is 3.13. The van der Waals surface area contributed by atoms with E-state index in [1.165, 1.54) is 13.2 Å². The van der Waals surface area contributed by atoms with E-state index in [1.54, 1.807) is 17.0 Å². The van der Waals surface area contributed by atoms with Crippen molar-refractivity contribution in [2.45, 2.75) is 32.2 Å². The minimum Gasteiger partial charge on any atom is -0.464 e. The van der Waals surface area contributed by atoms with Crippen molar-refractivity contribution in [1.82, 2.24) is 9.97 Å². The number of hydrogen-bond donors (Lipinski definition) is 0. The average molecular weight is 398 g/mol. The fourth-order valence-electron chi connectivity index (χ4n) is 2.63. The molecule has 1 aliphatic carbocycles. The number of methoxy groups -OCH3 is 1. The quantitative estimate of drug-likeness (QED) is 0.665. The van der Waals surface area contributed by atoms with Crippen LogP contribution in [-0.4, -0.2) is 29.6 Å². The van der Waals surface area contributed by atoms with Gasteiger partial charge in [-0.15, -0.1) is 0 Å². The van der Waals surface area contributed by atoms with Crippen LogP contribution in [0.1, 0.15) is 47.6 Å². The Labute approximate surface area is 161 Å². The molecule has 2 aromatic rings. The van der Waals surface area contributed by atoms with Crippen LogP contribution in [0.3, 0.4) is 0 Å². The van der Waals surface area contributed by atoms with Gasteiger partial charge in [0.1, 0.15) is 16.7 Å². The summed E-state index contributed by atoms with van der Waals surface area (Å²) in [5.74, 6) is 0.121. The number of esters is 1. The van der Waals surface area contributed by atoms with Gasteiger partial charge in [-0.05, 0) is 31.9 Å². The Morgan fingerprint density at radius 1 is 1.35 bits per heavy atom. The Balaban J connectivity index is 2.04. The van der Waals surface area contributed by atoms with E-state index >= 15 is 0 Å². The lowest BCUT2D eigenvalue weighted by molar-refractivity contribution is 0.0593. The van der Waals surface area contributed by atoms with Crippen molar-refractivity contribution in [3.63, 3.8) is 0 Å². The zero-order valence-electron chi connectivity index (χ0n) is 14.4. The highest BCUT2D eigenvalue weighted by molar-refractivity contribution is 6.35. The number of nitrogens with zero attached hydrogens (tertiary/aromatic N) is 3. The molecule has 0 bridgehead atoms. The number of carbonyl (C=O) groups is 1. The Morgan fingerprint density at radius 3 is 2.65 bits per heavy atom. The SMILES string of the molecule is CCN(Cc1c(F)cccc1Cl)c1nc(C2CC2)nc(C(=O)OC)c1Cl. The minimum absolute atomic E-state index is 0.0270. The van der Waals surface area contributed by atoms with Crippen LogP contribution in [0.15, 0.2) is 18.2 Å². The molecule has 5 nitrogen and oxygen atoms in total. The van der Waals surface area contributed by atoms with Gasteiger partial charge in [0.15, 0.2) is 11.5 Å². The van der Waals surface area contributed by atoms with E-state index in [0.717, 1.165) is 12.8 Å². The van der Waals surface area contributed by atoms with Crippen molar-refractivity contribution in [2.75, 3.05) is 18.6 Å². The fraction of sp³-hybridized carbons (Fsp3) is 0.389. The molecule has 0 atom stereocenters. The van der Waals surface area contributed by atoms with E-state index in [2.05, 4.69) is 9.97 Å². The van der Waals surface area contributed by atoms with Crippen molar-refractivity contribution in [2.24, 2.45) is 0 Å². The topological polar surface area (TPSA) is 55.3 Å². The van der Waals surface area contributed by atoms with Crippen molar-refractivity contribution in [3.8, 4) is 0 Å². The van der Waals surface area contributed by atoms with E-state index in [0.29, 0.717) is 28.8 Å². The van der Waals surface area contributed by atoms with E-state index in [1.807, 2.05) is 6.92 Å². The summed E-state index contributed by atoms with van der Waals surface area (Å²) >= 11 is 12.6. The second-order valence-corrected chi connectivity index (χ2v) is 6.83. The van der Waals surface area contributed by atoms with Gasteiger partial charge in [-0.25, -0.2) is 19.2 Å². The van der Waals surface area contributed by atoms with Gasteiger partial charge in [-0.3, -0.25) is 0 Å². The third-order valence-corrected chi connectivity index (χ3v) is 4.97. The number of halogens is 3. The van der Waals surface area contributed by atoms with E-state index in [4.69, 9.17) is 27.9 Å². The molecular formula is C18H18Cl2FN3O2. The van der Waals surface area contributed by atoms with Crippen LogP contribution in [0.5, 0.6) is 0 Å². The average Bonchev–Trinajstić information content (AvgIpc) is 3.47. The lowest BCUT2D eigenvalue weighted by Crippen LogP contribution is -2.26. The minimum atomic E-state index is -0.625. The van der Waals surface area contributed by atoms with Gasteiger partial charge in [0.2, 0.25) is 0 Å². The Kier molecular flexibility index (Phi) is 5.63. The first-order valence-corrected chi connectivity index (χ1v) is 9.05. The van der Waals surface area contributed by atoms with Gasteiger partial charge in [-0.1, -0.05) is 29.3 Å². The van der Waals surface area contributed by atoms with Crippen LogP contribution in [0.4, 0.5) is 10.2 Å². The van der Waals surface area contributed by atoms with Gasteiger partial charge in [-0.2, -0.15) is 0 Å². The highest BCUT2D eigenvalue weighted by Crippen LogP contribution is 2.40. The van der Waals surface area contributed by atoms with Crippen molar-refractivity contribution in [3.05, 3.63) is 51.1 Å². The maximum absolute atomic E-state index is 14.2. The number of aromatic nitrogens is 2. The maximum Gasteiger partial charge on any atom is 0.358 e. The number of ether oxygens (including phenoxy) is 1. The van der Waals surface area contributed by atoms with Gasteiger partial charge in [0.25, 0.3) is 0 Å². The predicted octanol–water partition coefficient (Wildman–Crippen LogP) is 4.61. The van der Waals surface area contributed by atoms with E-state index in [-0.39, 0.29) is 23.2 Å². The summed E-state index contributed by atoms with van der Waals surface area (Å²) in [6.45, 7) is 2.55. The molecule has 0 saturated heterocycles. The summed E-state index contributed by atoms with van der Waals surface area (Å²) in [6.07, 6.45) is 1.93. The molecule has 0 N–H and O–H groups in total. The number of benzene rings is 1. The van der Waals surface area contributed by atoms with Gasteiger partial charge >= 0.3 is 5.97 Å². The Morgan fingerprint density at radius 2 is 2.08 bits per heavy atom. The molecule has 0 aliphatic heterocycles. The van der Waals surface area contributed by atoms with Crippen LogP contribution in [0.25, 0.3) is 0 Å². The van der Waals surface area contributed by atoms with Gasteiger partial charge in [0.05, 0.1) is 7.11 Å². The lowest BCUT2D eigenvalue weighted by Gasteiger charge is -2.25. The second kappa shape index (κ2) is 7.76. The molecule has 1 aromatic heterocycles. The third-order valence-electron chi connectivity index (χ3n) is 4.26. The molecule has 1 aromatic carbocycles. The van der Waals surface area contributed by atoms with E-state index in [9.17, 15) is 9.18 Å². The first kappa shape index (κ1) is 18.9. The van der Waals surface area contributed by atoms with Crippen LogP contribution in [0.2, 0.25) is 10.0 Å². The molecule has 8 heteroatoms. The standard InChI is InChI=1S/C18H18Cl2FN3O2/c1-3-24(9-11-12(19)5-4-6-13(11)21)17-14(20)15(18(25)26-2)22-16(23-17)10-7-8-10/h4-6,10H,3,7-9H2,1-2H3. The predicted molar refractivity (Wildman–Crippen MR) is 98.5 cm³/mol. The van der Waals surface area contributed by atoms with Crippen LogP contribution in [-0.2, 0) is 11.3 Å². The van der Waals surface area contributed by atoms with Crippen LogP contribution >= 0.6 is 23.2 Å². The highest BCUT2D eigenvalue weighted by Gasteiger charge is 2.31. The largest absolute Gasteiger partial charge is 0.464 e. The molecule has 1 heterocycles.